The molecule has 6 heteroatoms. The lowest BCUT2D eigenvalue weighted by Crippen LogP contribution is -1.85. The molecule has 0 radical (unpaired) electrons. The Balaban J connectivity index is -0.000000117. The van der Waals surface area contributed by atoms with E-state index in [1.165, 1.54) is 0 Å². The van der Waals surface area contributed by atoms with Crippen LogP contribution in [0.3, 0.4) is 0 Å². The fraction of sp³-hybridized carbons (Fsp3) is 0.714. The molecule has 0 aliphatic carbocycles. The van der Waals surface area contributed by atoms with E-state index in [1.54, 1.807) is 0 Å². The molecule has 0 atom stereocenters. The Bertz CT molecular complexity index is 100. The number of aliphatic carboxylic acids is 2. The number of aliphatic hydroxyl groups is 2. The molecule has 0 aromatic rings. The zero-order valence-electron chi connectivity index (χ0n) is 7.73. The van der Waals surface area contributed by atoms with Gasteiger partial charge in [0.2, 0.25) is 0 Å². The third-order valence-corrected chi connectivity index (χ3v) is 0.316. The molecule has 0 bridgehead atoms. The van der Waals surface area contributed by atoms with E-state index in [4.69, 9.17) is 30.0 Å². The van der Waals surface area contributed by atoms with Crippen LogP contribution in [-0.4, -0.2) is 45.6 Å². The normalized spacial score (nSPS) is 7.08. The van der Waals surface area contributed by atoms with Crippen molar-refractivity contribution >= 4 is 11.9 Å². The molecule has 6 nitrogen and oxygen atoms in total. The van der Waals surface area contributed by atoms with Gasteiger partial charge in [-0.3, -0.25) is 9.59 Å². The summed E-state index contributed by atoms with van der Waals surface area (Å²) in [6.45, 7) is 2.35. The summed E-state index contributed by atoms with van der Waals surface area (Å²) < 4.78 is 0. The molecule has 0 fully saturated rings. The van der Waals surface area contributed by atoms with Gasteiger partial charge in [0.25, 0.3) is 11.9 Å². The van der Waals surface area contributed by atoms with Crippen molar-refractivity contribution in [2.45, 2.75) is 20.3 Å². The number of carboxylic acids is 2. The van der Waals surface area contributed by atoms with E-state index >= 15 is 0 Å². The smallest absolute Gasteiger partial charge is 0.300 e. The Morgan fingerprint density at radius 1 is 0.923 bits per heavy atom. The van der Waals surface area contributed by atoms with Gasteiger partial charge >= 0.3 is 0 Å². The van der Waals surface area contributed by atoms with Gasteiger partial charge in [-0.05, 0) is 6.42 Å². The molecule has 80 valence electrons. The molecule has 13 heavy (non-hydrogen) atoms. The second-order valence-corrected chi connectivity index (χ2v) is 1.84. The van der Waals surface area contributed by atoms with Gasteiger partial charge < -0.3 is 20.4 Å². The van der Waals surface area contributed by atoms with E-state index in [0.29, 0.717) is 6.42 Å². The Morgan fingerprint density at radius 3 is 1.08 bits per heavy atom. The zero-order chi connectivity index (χ0) is 11.3. The average Bonchev–Trinajstić information content (AvgIpc) is 1.86. The molecule has 0 aliphatic heterocycles. The number of rotatable bonds is 2. The van der Waals surface area contributed by atoms with Gasteiger partial charge in [-0.25, -0.2) is 0 Å². The summed E-state index contributed by atoms with van der Waals surface area (Å²) in [6.07, 6.45) is 0.500. The molecular formula is C7H16O6. The molecule has 0 rings (SSSR count). The Kier molecular flexibility index (Phi) is 23.4. The highest BCUT2D eigenvalue weighted by Crippen LogP contribution is 1.65. The summed E-state index contributed by atoms with van der Waals surface area (Å²) in [5, 5.41) is 30.6. The van der Waals surface area contributed by atoms with Crippen molar-refractivity contribution in [1.29, 1.82) is 0 Å². The lowest BCUT2D eigenvalue weighted by atomic mass is 10.5. The van der Waals surface area contributed by atoms with Crippen LogP contribution >= 0.6 is 0 Å². The lowest BCUT2D eigenvalue weighted by molar-refractivity contribution is -0.135. The molecule has 0 amide bonds. The van der Waals surface area contributed by atoms with Crippen LogP contribution in [-0.2, 0) is 9.59 Å². The second-order valence-electron chi connectivity index (χ2n) is 1.84. The van der Waals surface area contributed by atoms with E-state index in [0.717, 1.165) is 13.8 Å². The summed E-state index contributed by atoms with van der Waals surface area (Å²) in [7, 11) is 0. The molecule has 0 spiro atoms. The van der Waals surface area contributed by atoms with Crippen LogP contribution in [0, 0.1) is 0 Å². The molecule has 0 aromatic heterocycles. The third-order valence-electron chi connectivity index (χ3n) is 0.316. The van der Waals surface area contributed by atoms with Crippen LogP contribution in [0.5, 0.6) is 0 Å². The number of carbonyl (C=O) groups is 2. The van der Waals surface area contributed by atoms with Gasteiger partial charge in [0.15, 0.2) is 0 Å². The molecule has 0 heterocycles. The van der Waals surface area contributed by atoms with Gasteiger partial charge in [0.05, 0.1) is 0 Å². The zero-order valence-corrected chi connectivity index (χ0v) is 7.73. The standard InChI is InChI=1S/C3H8O2.2C2H4O2/c4-2-1-3-5;2*1-2(3)4/h4-5H,1-3H2;2*1H3,(H,3,4). The monoisotopic (exact) mass is 196 g/mol. The highest BCUT2D eigenvalue weighted by molar-refractivity contribution is 5.63. The minimum Gasteiger partial charge on any atom is -0.481 e. The predicted octanol–water partition coefficient (Wildman–Crippen LogP) is -0.457. The minimum atomic E-state index is -0.833. The lowest BCUT2D eigenvalue weighted by Gasteiger charge is -1.79. The maximum Gasteiger partial charge on any atom is 0.300 e. The number of carboxylic acid groups (broad SMARTS) is 2. The first-order valence-corrected chi connectivity index (χ1v) is 3.49. The first-order chi connectivity index (χ1) is 5.88. The van der Waals surface area contributed by atoms with Crippen molar-refractivity contribution in [1.82, 2.24) is 0 Å². The highest BCUT2D eigenvalue weighted by Gasteiger charge is 1.70. The van der Waals surface area contributed by atoms with Gasteiger partial charge in [-0.2, -0.15) is 0 Å². The largest absolute Gasteiger partial charge is 0.481 e. The van der Waals surface area contributed by atoms with Crippen LogP contribution in [0.2, 0.25) is 0 Å². The second kappa shape index (κ2) is 17.1. The first kappa shape index (κ1) is 17.8. The predicted molar refractivity (Wildman–Crippen MR) is 45.4 cm³/mol. The van der Waals surface area contributed by atoms with Crippen molar-refractivity contribution < 1.29 is 30.0 Å². The summed E-state index contributed by atoms with van der Waals surface area (Å²) >= 11 is 0. The van der Waals surface area contributed by atoms with Crippen LogP contribution < -0.4 is 0 Å². The molecule has 0 aromatic carbocycles. The van der Waals surface area contributed by atoms with Crippen LogP contribution in [0.4, 0.5) is 0 Å². The molecule has 4 N–H and O–H groups in total. The van der Waals surface area contributed by atoms with Crippen LogP contribution in [0.1, 0.15) is 20.3 Å². The fourth-order valence-corrected chi connectivity index (χ4v) is 0.0707. The number of aliphatic hydroxyl groups excluding tert-OH is 2. The summed E-state index contributed by atoms with van der Waals surface area (Å²) in [5.74, 6) is -1.67. The van der Waals surface area contributed by atoms with Crippen molar-refractivity contribution in [3.63, 3.8) is 0 Å². The van der Waals surface area contributed by atoms with Gasteiger partial charge in [-0.15, -0.1) is 0 Å². The van der Waals surface area contributed by atoms with Gasteiger partial charge in [0.1, 0.15) is 0 Å². The van der Waals surface area contributed by atoms with E-state index in [1.807, 2.05) is 0 Å². The van der Waals surface area contributed by atoms with Crippen LogP contribution in [0.25, 0.3) is 0 Å². The molecule has 0 unspecified atom stereocenters. The number of hydrogen-bond acceptors (Lipinski definition) is 4. The Hall–Kier alpha value is -1.14. The van der Waals surface area contributed by atoms with Crippen LogP contribution in [0.15, 0.2) is 0 Å². The SMILES string of the molecule is CC(=O)O.CC(=O)O.OCCCO. The quantitative estimate of drug-likeness (QED) is 0.475. The molecular weight excluding hydrogens is 180 g/mol. The maximum absolute atomic E-state index is 9.00. The summed E-state index contributed by atoms with van der Waals surface area (Å²) in [4.78, 5) is 18.0. The highest BCUT2D eigenvalue weighted by atomic mass is 16.4. The number of hydrogen-bond donors (Lipinski definition) is 4. The maximum atomic E-state index is 9.00. The third kappa shape index (κ3) is 1150. The molecule has 0 aliphatic rings. The van der Waals surface area contributed by atoms with Gasteiger partial charge in [-0.1, -0.05) is 0 Å². The van der Waals surface area contributed by atoms with E-state index in [2.05, 4.69) is 0 Å². The van der Waals surface area contributed by atoms with Crippen molar-refractivity contribution in [3.05, 3.63) is 0 Å². The summed E-state index contributed by atoms with van der Waals surface area (Å²) in [6, 6.07) is 0. The fourth-order valence-electron chi connectivity index (χ4n) is 0.0707. The molecule has 0 saturated heterocycles. The topological polar surface area (TPSA) is 115 Å². The van der Waals surface area contributed by atoms with Crippen molar-refractivity contribution in [3.8, 4) is 0 Å². The van der Waals surface area contributed by atoms with E-state index < -0.39 is 11.9 Å². The van der Waals surface area contributed by atoms with Crippen molar-refractivity contribution in [2.75, 3.05) is 13.2 Å². The van der Waals surface area contributed by atoms with Gasteiger partial charge in [0, 0.05) is 27.1 Å². The molecule has 0 saturated carbocycles. The average molecular weight is 196 g/mol. The Morgan fingerprint density at radius 2 is 1.08 bits per heavy atom. The van der Waals surface area contributed by atoms with E-state index in [-0.39, 0.29) is 13.2 Å². The minimum absolute atomic E-state index is 0.0938. The van der Waals surface area contributed by atoms with E-state index in [9.17, 15) is 0 Å². The van der Waals surface area contributed by atoms with Crippen molar-refractivity contribution in [2.24, 2.45) is 0 Å². The Labute approximate surface area is 76.4 Å². The first-order valence-electron chi connectivity index (χ1n) is 3.49. The summed E-state index contributed by atoms with van der Waals surface area (Å²) in [5.41, 5.74) is 0.